The maximum Gasteiger partial charge on any atom is 0.303 e. The lowest BCUT2D eigenvalue weighted by Gasteiger charge is -2.09. The molecule has 4 heteroatoms. The summed E-state index contributed by atoms with van der Waals surface area (Å²) in [6.45, 7) is 2.70. The molecule has 0 spiro atoms. The second-order valence-corrected chi connectivity index (χ2v) is 3.69. The molecule has 0 aromatic carbocycles. The van der Waals surface area contributed by atoms with Crippen LogP contribution in [0.2, 0.25) is 0 Å². The molecule has 0 aliphatic carbocycles. The van der Waals surface area contributed by atoms with Crippen molar-refractivity contribution in [2.24, 2.45) is 0 Å². The molecule has 2 N–H and O–H groups in total. The molecular weight excluding hydrogens is 182 g/mol. The highest BCUT2D eigenvalue weighted by molar-refractivity contribution is 5.66. The molecule has 1 atom stereocenters. The molecule has 1 saturated heterocycles. The van der Waals surface area contributed by atoms with Crippen LogP contribution in [-0.4, -0.2) is 36.9 Å². The molecule has 1 aliphatic rings. The van der Waals surface area contributed by atoms with Gasteiger partial charge >= 0.3 is 5.97 Å². The zero-order valence-electron chi connectivity index (χ0n) is 8.50. The number of unbranched alkanes of at least 4 members (excludes halogenated alkanes) is 1. The number of carboxylic acids is 1. The Labute approximate surface area is 84.6 Å². The van der Waals surface area contributed by atoms with Gasteiger partial charge in [-0.15, -0.1) is 0 Å². The minimum Gasteiger partial charge on any atom is -0.481 e. The molecule has 0 aromatic heterocycles. The molecular formula is C10H19NO3. The normalized spacial score (nSPS) is 21.3. The smallest absolute Gasteiger partial charge is 0.303 e. The molecule has 0 bridgehead atoms. The van der Waals surface area contributed by atoms with E-state index in [9.17, 15) is 4.79 Å². The summed E-state index contributed by atoms with van der Waals surface area (Å²) < 4.78 is 5.44. The second kappa shape index (κ2) is 6.79. The number of carboxylic acid groups (broad SMARTS) is 1. The molecule has 82 valence electrons. The Morgan fingerprint density at radius 2 is 2.36 bits per heavy atom. The third-order valence-corrected chi connectivity index (χ3v) is 2.39. The van der Waals surface area contributed by atoms with Gasteiger partial charge in [0.2, 0.25) is 0 Å². The van der Waals surface area contributed by atoms with Gasteiger partial charge in [-0.2, -0.15) is 0 Å². The highest BCUT2D eigenvalue weighted by Crippen LogP contribution is 2.10. The van der Waals surface area contributed by atoms with Gasteiger partial charge in [-0.25, -0.2) is 0 Å². The Bertz CT molecular complexity index is 167. The van der Waals surface area contributed by atoms with Crippen molar-refractivity contribution in [1.82, 2.24) is 5.32 Å². The number of rotatable bonds is 7. The average Bonchev–Trinajstić information content (AvgIpc) is 2.63. The van der Waals surface area contributed by atoms with Crippen LogP contribution >= 0.6 is 0 Å². The van der Waals surface area contributed by atoms with Gasteiger partial charge in [0.15, 0.2) is 0 Å². The van der Waals surface area contributed by atoms with E-state index < -0.39 is 5.97 Å². The summed E-state index contributed by atoms with van der Waals surface area (Å²) in [7, 11) is 0. The first-order valence-electron chi connectivity index (χ1n) is 5.33. The van der Waals surface area contributed by atoms with Gasteiger partial charge < -0.3 is 15.2 Å². The zero-order chi connectivity index (χ0) is 10.2. The highest BCUT2D eigenvalue weighted by atomic mass is 16.5. The predicted molar refractivity (Wildman–Crippen MR) is 53.3 cm³/mol. The van der Waals surface area contributed by atoms with E-state index in [1.807, 2.05) is 0 Å². The van der Waals surface area contributed by atoms with Crippen molar-refractivity contribution in [3.8, 4) is 0 Å². The summed E-state index contributed by atoms with van der Waals surface area (Å²) in [5, 5.41) is 11.7. The monoisotopic (exact) mass is 201 g/mol. The third-order valence-electron chi connectivity index (χ3n) is 2.39. The Hall–Kier alpha value is -0.610. The number of nitrogens with one attached hydrogen (secondary N) is 1. The van der Waals surface area contributed by atoms with Crippen LogP contribution in [0, 0.1) is 0 Å². The first-order valence-corrected chi connectivity index (χ1v) is 5.33. The molecule has 1 aliphatic heterocycles. The summed E-state index contributed by atoms with van der Waals surface area (Å²) in [5.74, 6) is -0.705. The first kappa shape index (κ1) is 11.5. The van der Waals surface area contributed by atoms with Crippen molar-refractivity contribution < 1.29 is 14.6 Å². The summed E-state index contributed by atoms with van der Waals surface area (Å²) in [6, 6.07) is 0. The van der Waals surface area contributed by atoms with Gasteiger partial charge in [0.1, 0.15) is 0 Å². The van der Waals surface area contributed by atoms with Crippen LogP contribution in [0.25, 0.3) is 0 Å². The van der Waals surface area contributed by atoms with Crippen LogP contribution < -0.4 is 5.32 Å². The van der Waals surface area contributed by atoms with E-state index in [1.54, 1.807) is 0 Å². The molecule has 0 saturated carbocycles. The van der Waals surface area contributed by atoms with Gasteiger partial charge in [0.05, 0.1) is 6.10 Å². The maximum atomic E-state index is 10.2. The Morgan fingerprint density at radius 3 is 3.00 bits per heavy atom. The van der Waals surface area contributed by atoms with Crippen molar-refractivity contribution in [3.63, 3.8) is 0 Å². The minimum absolute atomic E-state index is 0.279. The van der Waals surface area contributed by atoms with Crippen LogP contribution in [0.4, 0.5) is 0 Å². The largest absolute Gasteiger partial charge is 0.481 e. The first-order chi connectivity index (χ1) is 6.79. The van der Waals surface area contributed by atoms with E-state index in [0.717, 1.165) is 39.0 Å². The molecule has 0 amide bonds. The summed E-state index contributed by atoms with van der Waals surface area (Å²) in [4.78, 5) is 10.2. The van der Waals surface area contributed by atoms with Crippen molar-refractivity contribution in [3.05, 3.63) is 0 Å². The Balaban J connectivity index is 1.82. The van der Waals surface area contributed by atoms with E-state index in [2.05, 4.69) is 5.32 Å². The van der Waals surface area contributed by atoms with E-state index in [4.69, 9.17) is 9.84 Å². The molecule has 1 unspecified atom stereocenters. The van der Waals surface area contributed by atoms with E-state index in [-0.39, 0.29) is 6.42 Å². The van der Waals surface area contributed by atoms with Crippen LogP contribution in [0.5, 0.6) is 0 Å². The van der Waals surface area contributed by atoms with E-state index in [1.165, 1.54) is 6.42 Å². The minimum atomic E-state index is -0.705. The fourth-order valence-electron chi connectivity index (χ4n) is 1.59. The van der Waals surface area contributed by atoms with Gasteiger partial charge in [-0.3, -0.25) is 4.79 Å². The lowest BCUT2D eigenvalue weighted by Crippen LogP contribution is -2.27. The molecule has 4 nitrogen and oxygen atoms in total. The summed E-state index contributed by atoms with van der Waals surface area (Å²) in [5.41, 5.74) is 0. The molecule has 1 fully saturated rings. The average molecular weight is 201 g/mol. The number of aliphatic carboxylic acids is 1. The third kappa shape index (κ3) is 5.19. The second-order valence-electron chi connectivity index (χ2n) is 3.69. The number of hydrogen-bond donors (Lipinski definition) is 2. The Morgan fingerprint density at radius 1 is 1.50 bits per heavy atom. The van der Waals surface area contributed by atoms with Gasteiger partial charge in [-0.05, 0) is 32.2 Å². The molecule has 1 rings (SSSR count). The molecule has 0 radical (unpaired) electrons. The zero-order valence-corrected chi connectivity index (χ0v) is 8.50. The van der Waals surface area contributed by atoms with Crippen LogP contribution in [-0.2, 0) is 9.53 Å². The lowest BCUT2D eigenvalue weighted by molar-refractivity contribution is -0.137. The summed E-state index contributed by atoms with van der Waals surface area (Å²) in [6.07, 6.45) is 4.68. The van der Waals surface area contributed by atoms with Crippen LogP contribution in [0.3, 0.4) is 0 Å². The van der Waals surface area contributed by atoms with Crippen molar-refractivity contribution in [2.75, 3.05) is 19.7 Å². The van der Waals surface area contributed by atoms with Gasteiger partial charge in [-0.1, -0.05) is 0 Å². The topological polar surface area (TPSA) is 58.6 Å². The molecule has 14 heavy (non-hydrogen) atoms. The number of carbonyl (C=O) groups is 1. The Kier molecular flexibility index (Phi) is 5.56. The predicted octanol–water partition coefficient (Wildman–Crippen LogP) is 1.01. The standard InChI is InChI=1S/C10H19NO3/c12-10(13)5-1-2-6-11-8-9-4-3-7-14-9/h9,11H,1-8H2,(H,12,13). The van der Waals surface area contributed by atoms with Crippen LogP contribution in [0.1, 0.15) is 32.1 Å². The van der Waals surface area contributed by atoms with Crippen LogP contribution in [0.15, 0.2) is 0 Å². The summed E-state index contributed by atoms with van der Waals surface area (Å²) >= 11 is 0. The SMILES string of the molecule is O=C(O)CCCCNCC1CCCO1. The number of ether oxygens (including phenoxy) is 1. The molecule has 0 aromatic rings. The molecule has 1 heterocycles. The highest BCUT2D eigenvalue weighted by Gasteiger charge is 2.13. The number of hydrogen-bond acceptors (Lipinski definition) is 3. The lowest BCUT2D eigenvalue weighted by atomic mass is 10.2. The van der Waals surface area contributed by atoms with Gasteiger partial charge in [0.25, 0.3) is 0 Å². The van der Waals surface area contributed by atoms with Crippen molar-refractivity contribution >= 4 is 5.97 Å². The fraction of sp³-hybridized carbons (Fsp3) is 0.900. The quantitative estimate of drug-likeness (QED) is 0.603. The van der Waals surface area contributed by atoms with Gasteiger partial charge in [0, 0.05) is 19.6 Å². The van der Waals surface area contributed by atoms with Crippen molar-refractivity contribution in [2.45, 2.75) is 38.2 Å². The van der Waals surface area contributed by atoms with E-state index in [0.29, 0.717) is 6.10 Å². The maximum absolute atomic E-state index is 10.2. The van der Waals surface area contributed by atoms with E-state index >= 15 is 0 Å². The fourth-order valence-corrected chi connectivity index (χ4v) is 1.59. The van der Waals surface area contributed by atoms with Crippen molar-refractivity contribution in [1.29, 1.82) is 0 Å².